The van der Waals surface area contributed by atoms with Gasteiger partial charge in [-0.1, -0.05) is 25.5 Å². The average molecular weight is 291 g/mol. The van der Waals surface area contributed by atoms with Gasteiger partial charge in [-0.05, 0) is 43.2 Å². The molecule has 0 bridgehead atoms. The third-order valence-corrected chi connectivity index (χ3v) is 4.19. The molecule has 1 atom stereocenters. The molecule has 0 aliphatic rings. The van der Waals surface area contributed by atoms with Crippen molar-refractivity contribution in [3.63, 3.8) is 0 Å². The minimum atomic E-state index is -0.253. The van der Waals surface area contributed by atoms with Crippen LogP contribution in [-0.4, -0.2) is 11.9 Å². The van der Waals surface area contributed by atoms with Crippen LogP contribution in [0.25, 0.3) is 10.4 Å². The average Bonchev–Trinajstić information content (AvgIpc) is 2.89. The first-order valence-electron chi connectivity index (χ1n) is 6.76. The zero-order valence-electron chi connectivity index (χ0n) is 11.7. The van der Waals surface area contributed by atoms with Crippen molar-refractivity contribution in [1.29, 1.82) is 0 Å². The molecule has 0 saturated heterocycles. The Bertz CT molecular complexity index is 576. The van der Waals surface area contributed by atoms with E-state index in [1.807, 2.05) is 19.1 Å². The third kappa shape index (κ3) is 3.67. The number of rotatable bonds is 5. The Labute approximate surface area is 122 Å². The summed E-state index contributed by atoms with van der Waals surface area (Å²) >= 11 is 1.43. The van der Waals surface area contributed by atoms with Crippen LogP contribution in [0.15, 0.2) is 36.4 Å². The van der Waals surface area contributed by atoms with Crippen LogP contribution in [0.1, 0.15) is 36.4 Å². The van der Waals surface area contributed by atoms with E-state index < -0.39 is 0 Å². The van der Waals surface area contributed by atoms with Crippen molar-refractivity contribution in [2.45, 2.75) is 32.7 Å². The van der Waals surface area contributed by atoms with Gasteiger partial charge >= 0.3 is 0 Å². The Morgan fingerprint density at radius 2 is 1.95 bits per heavy atom. The lowest BCUT2D eigenvalue weighted by molar-refractivity contribution is 0.0942. The van der Waals surface area contributed by atoms with Gasteiger partial charge in [-0.2, -0.15) is 0 Å². The molecule has 2 aromatic rings. The number of hydrogen-bond donors (Lipinski definition) is 1. The summed E-state index contributed by atoms with van der Waals surface area (Å²) in [4.78, 5) is 13.7. The molecule has 20 heavy (non-hydrogen) atoms. The molecular formula is C16H18FNOS. The van der Waals surface area contributed by atoms with E-state index in [1.54, 1.807) is 12.1 Å². The normalized spacial score (nSPS) is 12.2. The Kier molecular flexibility index (Phi) is 4.90. The number of amides is 1. The molecule has 1 aromatic heterocycles. The van der Waals surface area contributed by atoms with Gasteiger partial charge in [0.25, 0.3) is 5.91 Å². The summed E-state index contributed by atoms with van der Waals surface area (Å²) in [7, 11) is 0. The van der Waals surface area contributed by atoms with Gasteiger partial charge in [-0.3, -0.25) is 4.79 Å². The van der Waals surface area contributed by atoms with E-state index >= 15 is 0 Å². The monoisotopic (exact) mass is 291 g/mol. The molecule has 1 aromatic carbocycles. The van der Waals surface area contributed by atoms with Crippen molar-refractivity contribution in [2.24, 2.45) is 0 Å². The van der Waals surface area contributed by atoms with Crippen LogP contribution < -0.4 is 5.32 Å². The van der Waals surface area contributed by atoms with Crippen molar-refractivity contribution < 1.29 is 9.18 Å². The van der Waals surface area contributed by atoms with Crippen LogP contribution in [0.2, 0.25) is 0 Å². The minimum Gasteiger partial charge on any atom is -0.349 e. The molecule has 0 spiro atoms. The van der Waals surface area contributed by atoms with Gasteiger partial charge in [0, 0.05) is 10.9 Å². The SMILES string of the molecule is CCCC(C)NC(=O)c1ccc(-c2ccc(F)cc2)s1. The molecule has 0 aliphatic carbocycles. The fourth-order valence-corrected chi connectivity index (χ4v) is 2.94. The van der Waals surface area contributed by atoms with Gasteiger partial charge in [0.2, 0.25) is 0 Å². The molecule has 0 aliphatic heterocycles. The molecule has 1 amide bonds. The van der Waals surface area contributed by atoms with Crippen molar-refractivity contribution in [3.05, 3.63) is 47.1 Å². The number of carbonyl (C=O) groups is 1. The van der Waals surface area contributed by atoms with E-state index in [1.165, 1.54) is 23.5 Å². The van der Waals surface area contributed by atoms with E-state index in [4.69, 9.17) is 0 Å². The number of halogens is 1. The van der Waals surface area contributed by atoms with E-state index in [0.29, 0.717) is 4.88 Å². The predicted octanol–water partition coefficient (Wildman–Crippen LogP) is 4.47. The molecule has 0 saturated carbocycles. The highest BCUT2D eigenvalue weighted by Crippen LogP contribution is 2.28. The van der Waals surface area contributed by atoms with E-state index in [0.717, 1.165) is 23.3 Å². The van der Waals surface area contributed by atoms with Crippen molar-refractivity contribution in [3.8, 4) is 10.4 Å². The summed E-state index contributed by atoms with van der Waals surface area (Å²) in [6.45, 7) is 4.11. The fourth-order valence-electron chi connectivity index (χ4n) is 2.03. The van der Waals surface area contributed by atoms with E-state index in [-0.39, 0.29) is 17.8 Å². The summed E-state index contributed by atoms with van der Waals surface area (Å²) in [5, 5.41) is 2.98. The second-order valence-electron chi connectivity index (χ2n) is 4.83. The Morgan fingerprint density at radius 3 is 2.60 bits per heavy atom. The Hall–Kier alpha value is -1.68. The standard InChI is InChI=1S/C16H18FNOS/c1-3-4-11(2)18-16(19)15-10-9-14(20-15)12-5-7-13(17)8-6-12/h5-11H,3-4H2,1-2H3,(H,18,19). The zero-order valence-corrected chi connectivity index (χ0v) is 12.5. The third-order valence-electron chi connectivity index (χ3n) is 3.06. The smallest absolute Gasteiger partial charge is 0.261 e. The van der Waals surface area contributed by atoms with Crippen LogP contribution in [-0.2, 0) is 0 Å². The van der Waals surface area contributed by atoms with Crippen LogP contribution >= 0.6 is 11.3 Å². The number of carbonyl (C=O) groups excluding carboxylic acids is 1. The van der Waals surface area contributed by atoms with Crippen molar-refractivity contribution in [2.75, 3.05) is 0 Å². The summed E-state index contributed by atoms with van der Waals surface area (Å²) < 4.78 is 12.9. The molecule has 106 valence electrons. The highest BCUT2D eigenvalue weighted by atomic mass is 32.1. The fraction of sp³-hybridized carbons (Fsp3) is 0.312. The number of thiophene rings is 1. The number of nitrogens with one attached hydrogen (secondary N) is 1. The molecular weight excluding hydrogens is 273 g/mol. The predicted molar refractivity (Wildman–Crippen MR) is 81.5 cm³/mol. The van der Waals surface area contributed by atoms with Gasteiger partial charge < -0.3 is 5.32 Å². The second-order valence-corrected chi connectivity index (χ2v) is 5.92. The highest BCUT2D eigenvalue weighted by molar-refractivity contribution is 7.17. The lowest BCUT2D eigenvalue weighted by Gasteiger charge is -2.11. The van der Waals surface area contributed by atoms with Crippen molar-refractivity contribution >= 4 is 17.2 Å². The van der Waals surface area contributed by atoms with E-state index in [2.05, 4.69) is 12.2 Å². The first kappa shape index (κ1) is 14.7. The quantitative estimate of drug-likeness (QED) is 0.865. The zero-order chi connectivity index (χ0) is 14.5. The van der Waals surface area contributed by atoms with Crippen LogP contribution in [0.4, 0.5) is 4.39 Å². The summed E-state index contributed by atoms with van der Waals surface area (Å²) in [6.07, 6.45) is 2.02. The highest BCUT2D eigenvalue weighted by Gasteiger charge is 2.12. The summed E-state index contributed by atoms with van der Waals surface area (Å²) in [5.74, 6) is -0.291. The molecule has 2 rings (SSSR count). The van der Waals surface area contributed by atoms with Gasteiger partial charge in [-0.15, -0.1) is 11.3 Å². The molecule has 1 unspecified atom stereocenters. The summed E-state index contributed by atoms with van der Waals surface area (Å²) in [5.41, 5.74) is 0.928. The number of benzene rings is 1. The Morgan fingerprint density at radius 1 is 1.25 bits per heavy atom. The maximum absolute atomic E-state index is 12.9. The van der Waals surface area contributed by atoms with Gasteiger partial charge in [-0.25, -0.2) is 4.39 Å². The van der Waals surface area contributed by atoms with Crippen LogP contribution in [0, 0.1) is 5.82 Å². The van der Waals surface area contributed by atoms with Crippen LogP contribution in [0.5, 0.6) is 0 Å². The summed E-state index contributed by atoms with van der Waals surface area (Å²) in [6, 6.07) is 10.2. The van der Waals surface area contributed by atoms with E-state index in [9.17, 15) is 9.18 Å². The molecule has 2 nitrogen and oxygen atoms in total. The first-order chi connectivity index (χ1) is 9.60. The van der Waals surface area contributed by atoms with Crippen LogP contribution in [0.3, 0.4) is 0 Å². The molecule has 1 heterocycles. The first-order valence-corrected chi connectivity index (χ1v) is 7.58. The number of hydrogen-bond acceptors (Lipinski definition) is 2. The lowest BCUT2D eigenvalue weighted by Crippen LogP contribution is -2.31. The second kappa shape index (κ2) is 6.66. The van der Waals surface area contributed by atoms with Gasteiger partial charge in [0.1, 0.15) is 5.82 Å². The largest absolute Gasteiger partial charge is 0.349 e. The van der Waals surface area contributed by atoms with Gasteiger partial charge in [0.15, 0.2) is 0 Å². The topological polar surface area (TPSA) is 29.1 Å². The molecule has 0 radical (unpaired) electrons. The molecule has 0 fully saturated rings. The maximum atomic E-state index is 12.9. The minimum absolute atomic E-state index is 0.0377. The molecule has 4 heteroatoms. The lowest BCUT2D eigenvalue weighted by atomic mass is 10.2. The molecule has 1 N–H and O–H groups in total. The maximum Gasteiger partial charge on any atom is 0.261 e. The van der Waals surface area contributed by atoms with Gasteiger partial charge in [0.05, 0.1) is 4.88 Å². The Balaban J connectivity index is 2.08. The van der Waals surface area contributed by atoms with Crippen molar-refractivity contribution in [1.82, 2.24) is 5.32 Å².